The molecule has 0 saturated heterocycles. The van der Waals surface area contributed by atoms with Gasteiger partial charge in [0.1, 0.15) is 5.82 Å². The Morgan fingerprint density at radius 3 is 3.16 bits per heavy atom. The second kappa shape index (κ2) is 4.31. The molecule has 1 N–H and O–H groups in total. The Balaban J connectivity index is 1.71. The molecule has 0 saturated carbocycles. The molecule has 0 aromatic carbocycles. The molecule has 1 atom stereocenters. The average molecular weight is 267 g/mol. The quantitative estimate of drug-likeness (QED) is 0.767. The largest absolute Gasteiger partial charge is 0.362 e. The molecule has 94 valence electrons. The summed E-state index contributed by atoms with van der Waals surface area (Å²) >= 11 is 1.74. The average Bonchev–Trinajstić information content (AvgIpc) is 3.06. The summed E-state index contributed by atoms with van der Waals surface area (Å²) in [6.07, 6.45) is 5.89. The van der Waals surface area contributed by atoms with Crippen LogP contribution < -0.4 is 5.32 Å². The van der Waals surface area contributed by atoms with Crippen LogP contribution in [0.3, 0.4) is 0 Å². The topological polar surface area (TPSA) is 37.8 Å². The van der Waals surface area contributed by atoms with Gasteiger partial charge in [-0.2, -0.15) is 0 Å². The van der Waals surface area contributed by atoms with E-state index in [1.165, 1.54) is 21.3 Å². The zero-order valence-corrected chi connectivity index (χ0v) is 11.2. The van der Waals surface area contributed by atoms with Crippen LogP contribution in [0.4, 0.5) is 5.82 Å². The smallest absolute Gasteiger partial charge is 0.144 e. The van der Waals surface area contributed by atoms with Crippen molar-refractivity contribution in [3.63, 3.8) is 0 Å². The summed E-state index contributed by atoms with van der Waals surface area (Å²) < 4.78 is 1.24. The monoisotopic (exact) mass is 267 g/mol. The molecule has 3 aromatic heterocycles. The first kappa shape index (κ1) is 10.9. The van der Waals surface area contributed by atoms with Crippen LogP contribution in [0.15, 0.2) is 42.0 Å². The number of aromatic nitrogens is 2. The number of anilines is 1. The van der Waals surface area contributed by atoms with E-state index in [4.69, 9.17) is 0 Å². The maximum atomic E-state index is 4.49. The fourth-order valence-corrected chi connectivity index (χ4v) is 3.57. The summed E-state index contributed by atoms with van der Waals surface area (Å²) in [5.74, 6) is 0.995. The molecule has 19 heavy (non-hydrogen) atoms. The molecular formula is C15H13N3S. The lowest BCUT2D eigenvalue weighted by atomic mass is 10.1. The van der Waals surface area contributed by atoms with E-state index in [9.17, 15) is 0 Å². The van der Waals surface area contributed by atoms with Gasteiger partial charge in [0.05, 0.1) is 10.7 Å². The minimum absolute atomic E-state index is 0.337. The van der Waals surface area contributed by atoms with Crippen molar-refractivity contribution in [2.24, 2.45) is 0 Å². The highest BCUT2D eigenvalue weighted by Crippen LogP contribution is 2.35. The van der Waals surface area contributed by atoms with Crippen molar-refractivity contribution in [2.45, 2.75) is 18.9 Å². The highest BCUT2D eigenvalue weighted by Gasteiger charge is 2.23. The third kappa shape index (κ3) is 1.79. The molecule has 3 nitrogen and oxygen atoms in total. The van der Waals surface area contributed by atoms with Crippen molar-refractivity contribution < 1.29 is 0 Å². The van der Waals surface area contributed by atoms with Gasteiger partial charge in [-0.15, -0.1) is 11.3 Å². The molecule has 4 rings (SSSR count). The minimum Gasteiger partial charge on any atom is -0.362 e. The van der Waals surface area contributed by atoms with E-state index in [-0.39, 0.29) is 0 Å². The fourth-order valence-electron chi connectivity index (χ4n) is 2.72. The molecule has 1 aliphatic rings. The Labute approximate surface area is 115 Å². The summed E-state index contributed by atoms with van der Waals surface area (Å²) in [6.45, 7) is 0. The molecule has 4 heteroatoms. The van der Waals surface area contributed by atoms with Crippen LogP contribution >= 0.6 is 11.3 Å². The van der Waals surface area contributed by atoms with Crippen LogP contribution in [-0.4, -0.2) is 9.97 Å². The van der Waals surface area contributed by atoms with E-state index in [2.05, 4.69) is 38.9 Å². The Bertz CT molecular complexity index is 735. The van der Waals surface area contributed by atoms with E-state index in [1.54, 1.807) is 11.3 Å². The van der Waals surface area contributed by atoms with Gasteiger partial charge in [-0.25, -0.2) is 4.98 Å². The zero-order chi connectivity index (χ0) is 12.7. The molecule has 0 spiro atoms. The van der Waals surface area contributed by atoms with Gasteiger partial charge in [0.25, 0.3) is 0 Å². The first-order valence-electron chi connectivity index (χ1n) is 6.44. The predicted molar refractivity (Wildman–Crippen MR) is 78.5 cm³/mol. The van der Waals surface area contributed by atoms with Gasteiger partial charge >= 0.3 is 0 Å². The maximum absolute atomic E-state index is 4.49. The Morgan fingerprint density at radius 2 is 2.16 bits per heavy atom. The first-order chi connectivity index (χ1) is 9.42. The lowest BCUT2D eigenvalue weighted by molar-refractivity contribution is 0.757. The van der Waals surface area contributed by atoms with Crippen molar-refractivity contribution in [3.05, 3.63) is 53.3 Å². The second-order valence-electron chi connectivity index (χ2n) is 4.77. The first-order valence-corrected chi connectivity index (χ1v) is 7.32. The van der Waals surface area contributed by atoms with Crippen molar-refractivity contribution >= 4 is 27.2 Å². The Morgan fingerprint density at radius 1 is 1.16 bits per heavy atom. The molecule has 3 heterocycles. The highest BCUT2D eigenvalue weighted by molar-refractivity contribution is 7.17. The lowest BCUT2D eigenvalue weighted by Crippen LogP contribution is -2.08. The van der Waals surface area contributed by atoms with E-state index in [1.807, 2.05) is 18.5 Å². The number of fused-ring (bicyclic) bond motifs is 2. The van der Waals surface area contributed by atoms with Crippen molar-refractivity contribution in [1.82, 2.24) is 9.97 Å². The molecule has 3 aromatic rings. The number of hydrogen-bond donors (Lipinski definition) is 1. The van der Waals surface area contributed by atoms with Gasteiger partial charge < -0.3 is 5.32 Å². The van der Waals surface area contributed by atoms with Crippen LogP contribution in [0.25, 0.3) is 10.1 Å². The number of nitrogens with one attached hydrogen (secondary N) is 1. The van der Waals surface area contributed by atoms with Gasteiger partial charge in [-0.05, 0) is 47.4 Å². The summed E-state index contributed by atoms with van der Waals surface area (Å²) in [5, 5.41) is 6.95. The number of pyridine rings is 2. The molecule has 0 unspecified atom stereocenters. The van der Waals surface area contributed by atoms with Gasteiger partial charge in [0.15, 0.2) is 0 Å². The Hall–Kier alpha value is -1.94. The van der Waals surface area contributed by atoms with Crippen molar-refractivity contribution in [1.29, 1.82) is 0 Å². The van der Waals surface area contributed by atoms with Crippen molar-refractivity contribution in [3.8, 4) is 0 Å². The van der Waals surface area contributed by atoms with Crippen LogP contribution in [-0.2, 0) is 6.42 Å². The number of thiophene rings is 1. The third-order valence-electron chi connectivity index (χ3n) is 3.65. The molecule has 1 aliphatic carbocycles. The van der Waals surface area contributed by atoms with Crippen molar-refractivity contribution in [2.75, 3.05) is 5.32 Å². The third-order valence-corrected chi connectivity index (χ3v) is 4.59. The summed E-state index contributed by atoms with van der Waals surface area (Å²) in [4.78, 5) is 8.94. The minimum atomic E-state index is 0.337. The van der Waals surface area contributed by atoms with E-state index < -0.39 is 0 Å². The van der Waals surface area contributed by atoms with Gasteiger partial charge in [0, 0.05) is 18.1 Å². The second-order valence-corrected chi connectivity index (χ2v) is 5.69. The van der Waals surface area contributed by atoms with Gasteiger partial charge in [0.2, 0.25) is 0 Å². The number of aryl methyl sites for hydroxylation is 1. The number of nitrogens with zero attached hydrogens (tertiary/aromatic N) is 2. The standard InChI is InChI=1S/C15H13N3S/c1-2-11-12(16-7-1)3-4-13(11)18-15-14-10(5-8-17-15)6-9-19-14/h1-2,5-9,13H,3-4H2,(H,17,18)/t13-/m1/s1. The van der Waals surface area contributed by atoms with Gasteiger partial charge in [-0.3, -0.25) is 4.98 Å². The molecule has 0 bridgehead atoms. The lowest BCUT2D eigenvalue weighted by Gasteiger charge is -2.14. The summed E-state index contributed by atoms with van der Waals surface area (Å²) in [6, 6.07) is 8.71. The molecule has 0 amide bonds. The molecule has 0 fully saturated rings. The normalized spacial score (nSPS) is 17.6. The predicted octanol–water partition coefficient (Wildman–Crippen LogP) is 3.79. The summed E-state index contributed by atoms with van der Waals surface area (Å²) in [5.41, 5.74) is 2.54. The van der Waals surface area contributed by atoms with Crippen LogP contribution in [0.2, 0.25) is 0 Å². The summed E-state index contributed by atoms with van der Waals surface area (Å²) in [7, 11) is 0. The van der Waals surface area contributed by atoms with E-state index in [0.29, 0.717) is 6.04 Å². The maximum Gasteiger partial charge on any atom is 0.144 e. The fraction of sp³-hybridized carbons (Fsp3) is 0.200. The molecular weight excluding hydrogens is 254 g/mol. The molecule has 0 radical (unpaired) electrons. The molecule has 0 aliphatic heterocycles. The Kier molecular flexibility index (Phi) is 2.48. The van der Waals surface area contributed by atoms with Gasteiger partial charge in [-0.1, -0.05) is 6.07 Å². The SMILES string of the molecule is c1cnc2c(c1)[C@H](Nc1nccc3ccsc13)CC2. The van der Waals surface area contributed by atoms with E-state index >= 15 is 0 Å². The number of rotatable bonds is 2. The highest BCUT2D eigenvalue weighted by atomic mass is 32.1. The number of hydrogen-bond acceptors (Lipinski definition) is 4. The zero-order valence-electron chi connectivity index (χ0n) is 10.3. The van der Waals surface area contributed by atoms with E-state index in [0.717, 1.165) is 18.7 Å². The van der Waals surface area contributed by atoms with Crippen LogP contribution in [0.5, 0.6) is 0 Å². The van der Waals surface area contributed by atoms with Crippen LogP contribution in [0.1, 0.15) is 23.7 Å². The van der Waals surface area contributed by atoms with Crippen LogP contribution in [0, 0.1) is 0 Å².